The first-order valence-electron chi connectivity index (χ1n) is 7.17. The van der Waals surface area contributed by atoms with Crippen LogP contribution in [0.1, 0.15) is 24.8 Å². The lowest BCUT2D eigenvalue weighted by molar-refractivity contribution is -0.118. The summed E-state index contributed by atoms with van der Waals surface area (Å²) in [4.78, 5) is 14.2. The van der Waals surface area contributed by atoms with Gasteiger partial charge in [0.1, 0.15) is 0 Å². The van der Waals surface area contributed by atoms with Crippen LogP contribution in [0.25, 0.3) is 0 Å². The van der Waals surface area contributed by atoms with E-state index >= 15 is 0 Å². The van der Waals surface area contributed by atoms with Crippen LogP contribution in [-0.4, -0.2) is 41.7 Å². The highest BCUT2D eigenvalue weighted by atomic mass is 16.3. The predicted octanol–water partition coefficient (Wildman–Crippen LogP) is 0.931. The molecule has 0 aliphatic heterocycles. The Labute approximate surface area is 119 Å². The molecule has 0 unspecified atom stereocenters. The number of amides is 1. The smallest absolute Gasteiger partial charge is 0.238 e. The van der Waals surface area contributed by atoms with E-state index in [-0.39, 0.29) is 12.5 Å². The molecule has 4 N–H and O–H groups in total. The monoisotopic (exact) mass is 277 g/mol. The van der Waals surface area contributed by atoms with E-state index < -0.39 is 0 Å². The maximum atomic E-state index is 12.1. The Morgan fingerprint density at radius 1 is 1.40 bits per heavy atom. The van der Waals surface area contributed by atoms with Gasteiger partial charge in [0.25, 0.3) is 0 Å². The molecular weight excluding hydrogens is 254 g/mol. The predicted molar refractivity (Wildman–Crippen MR) is 79.3 cm³/mol. The van der Waals surface area contributed by atoms with E-state index in [1.165, 1.54) is 6.42 Å². The molecule has 0 saturated heterocycles. The molecule has 5 heteroatoms. The highest BCUT2D eigenvalue weighted by Crippen LogP contribution is 2.24. The van der Waals surface area contributed by atoms with Crippen molar-refractivity contribution in [2.45, 2.75) is 31.8 Å². The van der Waals surface area contributed by atoms with E-state index in [0.29, 0.717) is 25.7 Å². The molecule has 1 aliphatic rings. The van der Waals surface area contributed by atoms with Gasteiger partial charge in [-0.3, -0.25) is 9.69 Å². The van der Waals surface area contributed by atoms with Gasteiger partial charge in [-0.1, -0.05) is 24.6 Å². The van der Waals surface area contributed by atoms with E-state index in [1.54, 1.807) is 0 Å². The van der Waals surface area contributed by atoms with Crippen LogP contribution >= 0.6 is 0 Å². The maximum absolute atomic E-state index is 12.1. The van der Waals surface area contributed by atoms with Crippen molar-refractivity contribution in [3.63, 3.8) is 0 Å². The van der Waals surface area contributed by atoms with Gasteiger partial charge >= 0.3 is 0 Å². The highest BCUT2D eigenvalue weighted by Gasteiger charge is 2.26. The Hall–Kier alpha value is -1.43. The van der Waals surface area contributed by atoms with Gasteiger partial charge in [-0.05, 0) is 24.5 Å². The van der Waals surface area contributed by atoms with Crippen molar-refractivity contribution in [1.29, 1.82) is 0 Å². The summed E-state index contributed by atoms with van der Waals surface area (Å²) in [6.07, 6.45) is 3.45. The number of hydrogen-bond acceptors (Lipinski definition) is 4. The number of nitrogens with two attached hydrogens (primary N) is 1. The third-order valence-corrected chi connectivity index (χ3v) is 3.84. The molecule has 2 rings (SSSR count). The topological polar surface area (TPSA) is 78.6 Å². The summed E-state index contributed by atoms with van der Waals surface area (Å²) < 4.78 is 0. The summed E-state index contributed by atoms with van der Waals surface area (Å²) in [6, 6.07) is 8.00. The van der Waals surface area contributed by atoms with Crippen LogP contribution in [0.3, 0.4) is 0 Å². The van der Waals surface area contributed by atoms with Crippen molar-refractivity contribution in [2.24, 2.45) is 5.73 Å². The zero-order valence-corrected chi connectivity index (χ0v) is 11.7. The fourth-order valence-electron chi connectivity index (χ4n) is 2.47. The molecule has 1 aliphatic carbocycles. The molecule has 1 fully saturated rings. The number of nitrogens with one attached hydrogen (secondary N) is 1. The third kappa shape index (κ3) is 3.79. The standard InChI is InChI=1S/C15H23N3O2/c16-10-12-4-1-2-7-14(12)17-15(20)11-18(8-9-19)13-5-3-6-13/h1-2,4,7,13,19H,3,5-6,8-11,16H2,(H,17,20). The van der Waals surface area contributed by atoms with Gasteiger partial charge in [0.05, 0.1) is 13.2 Å². The van der Waals surface area contributed by atoms with Gasteiger partial charge in [0.2, 0.25) is 5.91 Å². The number of aliphatic hydroxyl groups is 1. The molecule has 1 aromatic carbocycles. The van der Waals surface area contributed by atoms with Gasteiger partial charge in [-0.25, -0.2) is 0 Å². The minimum atomic E-state index is -0.0498. The Balaban J connectivity index is 1.93. The van der Waals surface area contributed by atoms with E-state index in [9.17, 15) is 4.79 Å². The van der Waals surface area contributed by atoms with Crippen molar-refractivity contribution >= 4 is 11.6 Å². The molecular formula is C15H23N3O2. The molecule has 1 aromatic rings. The average molecular weight is 277 g/mol. The van der Waals surface area contributed by atoms with E-state index in [1.807, 2.05) is 24.3 Å². The highest BCUT2D eigenvalue weighted by molar-refractivity contribution is 5.93. The normalized spacial score (nSPS) is 15.2. The minimum Gasteiger partial charge on any atom is -0.395 e. The summed E-state index contributed by atoms with van der Waals surface area (Å²) >= 11 is 0. The molecule has 0 heterocycles. The van der Waals surface area contributed by atoms with Crippen LogP contribution in [0.5, 0.6) is 0 Å². The number of anilines is 1. The number of benzene rings is 1. The van der Waals surface area contributed by atoms with Crippen LogP contribution in [0, 0.1) is 0 Å². The number of carbonyl (C=O) groups is 1. The summed E-state index contributed by atoms with van der Waals surface area (Å²) in [7, 11) is 0. The number of para-hydroxylation sites is 1. The SMILES string of the molecule is NCc1ccccc1NC(=O)CN(CCO)C1CCC1. The fraction of sp³-hybridized carbons (Fsp3) is 0.533. The van der Waals surface area contributed by atoms with Gasteiger partial charge < -0.3 is 16.2 Å². The first kappa shape index (κ1) is 15.0. The quantitative estimate of drug-likeness (QED) is 0.693. The molecule has 0 aromatic heterocycles. The van der Waals surface area contributed by atoms with Crippen molar-refractivity contribution in [2.75, 3.05) is 25.0 Å². The van der Waals surface area contributed by atoms with Crippen LogP contribution < -0.4 is 11.1 Å². The molecule has 1 saturated carbocycles. The second-order valence-corrected chi connectivity index (χ2v) is 5.19. The second kappa shape index (κ2) is 7.38. The average Bonchev–Trinajstić information content (AvgIpc) is 2.37. The Bertz CT molecular complexity index is 446. The van der Waals surface area contributed by atoms with E-state index in [4.69, 9.17) is 10.8 Å². The molecule has 0 radical (unpaired) electrons. The molecule has 0 atom stereocenters. The van der Waals surface area contributed by atoms with Gasteiger partial charge in [-0.2, -0.15) is 0 Å². The second-order valence-electron chi connectivity index (χ2n) is 5.19. The van der Waals surface area contributed by atoms with Crippen molar-refractivity contribution in [3.8, 4) is 0 Å². The lowest BCUT2D eigenvalue weighted by Gasteiger charge is -2.36. The van der Waals surface area contributed by atoms with Crippen molar-refractivity contribution in [1.82, 2.24) is 4.90 Å². The molecule has 0 bridgehead atoms. The summed E-state index contributed by atoms with van der Waals surface area (Å²) in [5.74, 6) is -0.0498. The minimum absolute atomic E-state index is 0.0498. The van der Waals surface area contributed by atoms with Gasteiger partial charge in [-0.15, -0.1) is 0 Å². The van der Waals surface area contributed by atoms with Gasteiger partial charge in [0.15, 0.2) is 0 Å². The van der Waals surface area contributed by atoms with E-state index in [0.717, 1.165) is 24.1 Å². The zero-order chi connectivity index (χ0) is 14.4. The number of hydrogen-bond donors (Lipinski definition) is 3. The number of rotatable bonds is 7. The Morgan fingerprint density at radius 3 is 2.75 bits per heavy atom. The van der Waals surface area contributed by atoms with Crippen LogP contribution in [0.4, 0.5) is 5.69 Å². The third-order valence-electron chi connectivity index (χ3n) is 3.84. The van der Waals surface area contributed by atoms with Crippen LogP contribution in [0.2, 0.25) is 0 Å². The molecule has 110 valence electrons. The van der Waals surface area contributed by atoms with Crippen molar-refractivity contribution in [3.05, 3.63) is 29.8 Å². The first-order valence-corrected chi connectivity index (χ1v) is 7.17. The van der Waals surface area contributed by atoms with Gasteiger partial charge in [0, 0.05) is 24.8 Å². The number of aliphatic hydroxyl groups excluding tert-OH is 1. The van der Waals surface area contributed by atoms with Crippen LogP contribution in [-0.2, 0) is 11.3 Å². The summed E-state index contributed by atoms with van der Waals surface area (Å²) in [5, 5.41) is 12.0. The lowest BCUT2D eigenvalue weighted by atomic mass is 9.91. The van der Waals surface area contributed by atoms with E-state index in [2.05, 4.69) is 10.2 Å². The Kier molecular flexibility index (Phi) is 5.52. The molecule has 5 nitrogen and oxygen atoms in total. The number of nitrogens with zero attached hydrogens (tertiary/aromatic N) is 1. The van der Waals surface area contributed by atoms with Crippen molar-refractivity contribution < 1.29 is 9.90 Å². The largest absolute Gasteiger partial charge is 0.395 e. The number of carbonyl (C=O) groups excluding carboxylic acids is 1. The summed E-state index contributed by atoms with van der Waals surface area (Å²) in [6.45, 7) is 1.36. The molecule has 20 heavy (non-hydrogen) atoms. The maximum Gasteiger partial charge on any atom is 0.238 e. The lowest BCUT2D eigenvalue weighted by Crippen LogP contribution is -2.45. The fourth-order valence-corrected chi connectivity index (χ4v) is 2.47. The molecule has 1 amide bonds. The summed E-state index contributed by atoms with van der Waals surface area (Å²) in [5.41, 5.74) is 7.36. The van der Waals surface area contributed by atoms with Crippen LogP contribution in [0.15, 0.2) is 24.3 Å². The zero-order valence-electron chi connectivity index (χ0n) is 11.7. The Morgan fingerprint density at radius 2 is 2.15 bits per heavy atom. The molecule has 0 spiro atoms. The first-order chi connectivity index (χ1) is 9.74.